The van der Waals surface area contributed by atoms with E-state index in [0.29, 0.717) is 10.8 Å². The zero-order chi connectivity index (χ0) is 11.7. The van der Waals surface area contributed by atoms with Gasteiger partial charge in [-0.25, -0.2) is 0 Å². The molecule has 0 N–H and O–H groups in total. The fourth-order valence-electron chi connectivity index (χ4n) is 3.05. The highest BCUT2D eigenvalue weighted by molar-refractivity contribution is 5.05. The van der Waals surface area contributed by atoms with Crippen LogP contribution in [0.2, 0.25) is 0 Å². The smallest absolute Gasteiger partial charge is 0.0246 e. The second-order valence-corrected chi connectivity index (χ2v) is 6.84. The molecule has 0 heteroatoms. The molecule has 1 fully saturated rings. The van der Waals surface area contributed by atoms with Crippen LogP contribution in [-0.4, -0.2) is 0 Å². The van der Waals surface area contributed by atoms with Gasteiger partial charge in [0.25, 0.3) is 0 Å². The van der Waals surface area contributed by atoms with E-state index in [9.17, 15) is 0 Å². The summed E-state index contributed by atoms with van der Waals surface area (Å²) >= 11 is 0. The van der Waals surface area contributed by atoms with Gasteiger partial charge in [-0.3, -0.25) is 0 Å². The number of hydrogen-bond acceptors (Lipinski definition) is 0. The Morgan fingerprint density at radius 2 is 1.87 bits per heavy atom. The molecule has 0 aromatic carbocycles. The van der Waals surface area contributed by atoms with Gasteiger partial charge in [0.1, 0.15) is 0 Å². The molecule has 1 aliphatic rings. The molecule has 0 radical (unpaired) electrons. The number of rotatable bonds is 6. The van der Waals surface area contributed by atoms with Gasteiger partial charge < -0.3 is 0 Å². The summed E-state index contributed by atoms with van der Waals surface area (Å²) in [5.74, 6) is 1.88. The van der Waals surface area contributed by atoms with E-state index in [2.05, 4.69) is 41.5 Å². The predicted octanol–water partition coefficient (Wildman–Crippen LogP) is 5.28. The van der Waals surface area contributed by atoms with Crippen molar-refractivity contribution in [3.05, 3.63) is 0 Å². The highest BCUT2D eigenvalue weighted by atomic mass is 14.6. The largest absolute Gasteiger partial charge is 0.0654 e. The van der Waals surface area contributed by atoms with E-state index in [0.717, 1.165) is 11.8 Å². The Morgan fingerprint density at radius 3 is 2.27 bits per heavy atom. The van der Waals surface area contributed by atoms with Crippen molar-refractivity contribution < 1.29 is 0 Å². The van der Waals surface area contributed by atoms with Gasteiger partial charge in [0.2, 0.25) is 0 Å². The third-order valence-electron chi connectivity index (χ3n) is 5.25. The van der Waals surface area contributed by atoms with E-state index < -0.39 is 0 Å². The molecule has 0 bridgehead atoms. The van der Waals surface area contributed by atoms with Crippen molar-refractivity contribution in [1.82, 2.24) is 0 Å². The van der Waals surface area contributed by atoms with Gasteiger partial charge in [-0.1, -0.05) is 60.8 Å². The Labute approximate surface area is 96.8 Å². The number of hydrogen-bond donors (Lipinski definition) is 0. The molecule has 1 saturated carbocycles. The molecule has 1 aliphatic carbocycles. The van der Waals surface area contributed by atoms with Crippen molar-refractivity contribution in [2.45, 2.75) is 73.6 Å². The molecule has 0 spiro atoms. The summed E-state index contributed by atoms with van der Waals surface area (Å²) in [6.45, 7) is 14.6. The van der Waals surface area contributed by atoms with E-state index in [1.54, 1.807) is 0 Å². The minimum Gasteiger partial charge on any atom is -0.0654 e. The van der Waals surface area contributed by atoms with E-state index >= 15 is 0 Å². The summed E-state index contributed by atoms with van der Waals surface area (Å²) in [5.41, 5.74) is 1.19. The van der Waals surface area contributed by atoms with Crippen molar-refractivity contribution in [2.75, 3.05) is 0 Å². The summed E-state index contributed by atoms with van der Waals surface area (Å²) in [7, 11) is 0. The lowest BCUT2D eigenvalue weighted by Crippen LogP contribution is -2.25. The molecule has 0 heterocycles. The Morgan fingerprint density at radius 1 is 1.33 bits per heavy atom. The van der Waals surface area contributed by atoms with Gasteiger partial charge in [-0.2, -0.15) is 0 Å². The Kier molecular flexibility index (Phi) is 3.90. The normalized spacial score (nSPS) is 32.8. The van der Waals surface area contributed by atoms with Crippen molar-refractivity contribution in [2.24, 2.45) is 22.7 Å². The Bertz CT molecular complexity index is 204. The third-order valence-corrected chi connectivity index (χ3v) is 5.25. The average molecular weight is 210 g/mol. The van der Waals surface area contributed by atoms with Gasteiger partial charge in [0.05, 0.1) is 0 Å². The lowest BCUT2D eigenvalue weighted by atomic mass is 9.71. The maximum atomic E-state index is 2.49. The first kappa shape index (κ1) is 13.1. The third kappa shape index (κ3) is 2.77. The quantitative estimate of drug-likeness (QED) is 0.560. The zero-order valence-corrected chi connectivity index (χ0v) is 11.7. The van der Waals surface area contributed by atoms with Crippen molar-refractivity contribution in [3.8, 4) is 0 Å². The standard InChI is InChI=1S/C15H30/c1-7-8-12(2)9-10-14(4,5)15(6)11-13(15)3/h12-13H,7-11H2,1-6H3. The lowest BCUT2D eigenvalue weighted by Gasteiger charge is -2.34. The SMILES string of the molecule is CCCC(C)CCC(C)(C)C1(C)CC1C. The van der Waals surface area contributed by atoms with Crippen molar-refractivity contribution >= 4 is 0 Å². The van der Waals surface area contributed by atoms with Crippen LogP contribution in [0, 0.1) is 22.7 Å². The molecule has 0 aliphatic heterocycles. The molecule has 15 heavy (non-hydrogen) atoms. The highest BCUT2D eigenvalue weighted by Crippen LogP contribution is 2.64. The molecule has 3 unspecified atom stereocenters. The lowest BCUT2D eigenvalue weighted by molar-refractivity contribution is 0.159. The van der Waals surface area contributed by atoms with Gasteiger partial charge in [-0.05, 0) is 35.5 Å². The average Bonchev–Trinajstić information content (AvgIpc) is 2.74. The maximum Gasteiger partial charge on any atom is -0.0246 e. The molecule has 90 valence electrons. The van der Waals surface area contributed by atoms with E-state index in [4.69, 9.17) is 0 Å². The maximum absolute atomic E-state index is 2.49. The molecule has 0 aromatic rings. The summed E-state index contributed by atoms with van der Waals surface area (Å²) in [5, 5.41) is 0. The predicted molar refractivity (Wildman–Crippen MR) is 69.0 cm³/mol. The fraction of sp³-hybridized carbons (Fsp3) is 1.00. The zero-order valence-electron chi connectivity index (χ0n) is 11.7. The van der Waals surface area contributed by atoms with Crippen LogP contribution in [0.1, 0.15) is 73.6 Å². The first-order valence-electron chi connectivity index (χ1n) is 6.83. The molecule has 1 rings (SSSR count). The minimum atomic E-state index is 0.550. The van der Waals surface area contributed by atoms with Crippen LogP contribution in [0.3, 0.4) is 0 Å². The molecule has 0 amide bonds. The Hall–Kier alpha value is 0. The second kappa shape index (κ2) is 4.47. The van der Waals surface area contributed by atoms with Crippen LogP contribution in [0.4, 0.5) is 0 Å². The molecule has 0 saturated heterocycles. The van der Waals surface area contributed by atoms with E-state index in [-0.39, 0.29) is 0 Å². The summed E-state index contributed by atoms with van der Waals surface area (Å²) in [4.78, 5) is 0. The Balaban J connectivity index is 2.37. The first-order chi connectivity index (χ1) is 6.83. The van der Waals surface area contributed by atoms with Crippen LogP contribution in [-0.2, 0) is 0 Å². The van der Waals surface area contributed by atoms with Gasteiger partial charge in [0, 0.05) is 0 Å². The van der Waals surface area contributed by atoms with Gasteiger partial charge in [-0.15, -0.1) is 0 Å². The monoisotopic (exact) mass is 210 g/mol. The summed E-state index contributed by atoms with van der Waals surface area (Å²) < 4.78 is 0. The topological polar surface area (TPSA) is 0 Å². The van der Waals surface area contributed by atoms with Crippen LogP contribution in [0.15, 0.2) is 0 Å². The fourth-order valence-corrected chi connectivity index (χ4v) is 3.05. The first-order valence-corrected chi connectivity index (χ1v) is 6.83. The van der Waals surface area contributed by atoms with Crippen molar-refractivity contribution in [3.63, 3.8) is 0 Å². The van der Waals surface area contributed by atoms with Crippen molar-refractivity contribution in [1.29, 1.82) is 0 Å². The van der Waals surface area contributed by atoms with E-state index in [1.807, 2.05) is 0 Å². The molecule has 0 aromatic heterocycles. The summed E-state index contributed by atoms with van der Waals surface area (Å²) in [6, 6.07) is 0. The summed E-state index contributed by atoms with van der Waals surface area (Å²) in [6.07, 6.45) is 7.03. The highest BCUT2D eigenvalue weighted by Gasteiger charge is 2.55. The van der Waals surface area contributed by atoms with Crippen LogP contribution in [0.25, 0.3) is 0 Å². The minimum absolute atomic E-state index is 0.550. The van der Waals surface area contributed by atoms with Crippen LogP contribution in [0.5, 0.6) is 0 Å². The van der Waals surface area contributed by atoms with E-state index in [1.165, 1.54) is 32.1 Å². The van der Waals surface area contributed by atoms with Gasteiger partial charge >= 0.3 is 0 Å². The molecular weight excluding hydrogens is 180 g/mol. The molecule has 3 atom stereocenters. The second-order valence-electron chi connectivity index (χ2n) is 6.84. The molecule has 0 nitrogen and oxygen atoms in total. The molecular formula is C15H30. The van der Waals surface area contributed by atoms with Gasteiger partial charge in [0.15, 0.2) is 0 Å². The van der Waals surface area contributed by atoms with Crippen LogP contribution >= 0.6 is 0 Å². The van der Waals surface area contributed by atoms with Crippen LogP contribution < -0.4 is 0 Å².